The van der Waals surface area contributed by atoms with Gasteiger partial charge in [0.15, 0.2) is 0 Å². The minimum atomic E-state index is -0.975. The van der Waals surface area contributed by atoms with Crippen molar-refractivity contribution in [1.82, 2.24) is 4.90 Å². The average Bonchev–Trinajstić information content (AvgIpc) is 3.00. The van der Waals surface area contributed by atoms with Gasteiger partial charge in [-0.25, -0.2) is 4.79 Å². The molecule has 3 rings (SSSR count). The number of carbonyl (C=O) groups excluding carboxylic acids is 3. The molecule has 6 nitrogen and oxygen atoms in total. The zero-order valence-corrected chi connectivity index (χ0v) is 19.8. The van der Waals surface area contributed by atoms with Gasteiger partial charge < -0.3 is 9.47 Å². The number of hydrogen-bond acceptors (Lipinski definition) is 6. The van der Waals surface area contributed by atoms with E-state index < -0.39 is 23.2 Å². The number of rotatable bonds is 6. The summed E-state index contributed by atoms with van der Waals surface area (Å²) < 4.78 is 11.3. The third kappa shape index (κ3) is 5.16. The Morgan fingerprint density at radius 2 is 1.93 bits per heavy atom. The van der Waals surface area contributed by atoms with E-state index in [1.54, 1.807) is 12.1 Å². The molecule has 2 aromatic carbocycles. The van der Waals surface area contributed by atoms with Crippen LogP contribution in [0.4, 0.5) is 4.79 Å². The Hall–Kier alpha value is -2.04. The number of amides is 2. The number of halogens is 2. The fourth-order valence-corrected chi connectivity index (χ4v) is 4.44. The third-order valence-electron chi connectivity index (χ3n) is 4.31. The molecular weight excluding hydrogens is 541 g/mol. The van der Waals surface area contributed by atoms with Crippen molar-refractivity contribution < 1.29 is 23.9 Å². The Balaban J connectivity index is 1.72. The largest absolute Gasteiger partial charge is 0.488 e. The molecule has 2 amide bonds. The quantitative estimate of drug-likeness (QED) is 0.279. The van der Waals surface area contributed by atoms with Crippen molar-refractivity contribution in [1.29, 1.82) is 0 Å². The maximum Gasteiger partial charge on any atom is 0.328 e. The molecule has 1 aliphatic heterocycles. The average molecular weight is 558 g/mol. The SMILES string of the molecule is COC(=O)[C@H](C)N1C(=O)S/C(=C/c2ccc(OCc3ccc(Cl)cc3)c(I)c2)C1=O. The van der Waals surface area contributed by atoms with Crippen molar-refractivity contribution >= 4 is 69.1 Å². The van der Waals surface area contributed by atoms with Crippen LogP contribution in [-0.4, -0.2) is 35.2 Å². The lowest BCUT2D eigenvalue weighted by Crippen LogP contribution is -2.42. The summed E-state index contributed by atoms with van der Waals surface area (Å²) in [5, 5.41) is 0.171. The van der Waals surface area contributed by atoms with Gasteiger partial charge in [0.05, 0.1) is 15.6 Å². The summed E-state index contributed by atoms with van der Waals surface area (Å²) in [5.41, 5.74) is 1.74. The summed E-state index contributed by atoms with van der Waals surface area (Å²) >= 11 is 8.84. The van der Waals surface area contributed by atoms with E-state index in [9.17, 15) is 14.4 Å². The third-order valence-corrected chi connectivity index (χ3v) is 6.29. The minimum absolute atomic E-state index is 0.251. The van der Waals surface area contributed by atoms with Crippen LogP contribution < -0.4 is 4.74 Å². The maximum absolute atomic E-state index is 12.6. The fourth-order valence-electron chi connectivity index (χ4n) is 2.71. The molecule has 1 aliphatic rings. The molecule has 1 fully saturated rings. The molecule has 0 bridgehead atoms. The van der Waals surface area contributed by atoms with Gasteiger partial charge >= 0.3 is 5.97 Å². The lowest BCUT2D eigenvalue weighted by molar-refractivity contribution is -0.148. The van der Waals surface area contributed by atoms with Gasteiger partial charge in [-0.05, 0) is 82.7 Å². The molecule has 0 aliphatic carbocycles. The van der Waals surface area contributed by atoms with E-state index in [-0.39, 0.29) is 4.91 Å². The normalized spacial score (nSPS) is 16.1. The second kappa shape index (κ2) is 9.84. The topological polar surface area (TPSA) is 72.9 Å². The van der Waals surface area contributed by atoms with Crippen molar-refractivity contribution in [3.05, 3.63) is 67.1 Å². The highest BCUT2D eigenvalue weighted by atomic mass is 127. The number of nitrogens with zero attached hydrogens (tertiary/aromatic N) is 1. The van der Waals surface area contributed by atoms with Gasteiger partial charge in [0.25, 0.3) is 11.1 Å². The summed E-state index contributed by atoms with van der Waals surface area (Å²) in [5.74, 6) is -0.452. The molecule has 9 heteroatoms. The molecular formula is C21H17ClINO5S. The minimum Gasteiger partial charge on any atom is -0.488 e. The highest BCUT2D eigenvalue weighted by molar-refractivity contribution is 14.1. The standard InChI is InChI=1S/C21H17ClINO5S/c1-12(20(26)28-2)24-19(25)18(30-21(24)27)10-14-5-8-17(16(23)9-14)29-11-13-3-6-15(22)7-4-13/h3-10,12H,11H2,1-2H3/b18-10+/t12-/m0/s1. The van der Waals surface area contributed by atoms with Crippen LogP contribution in [0.5, 0.6) is 5.75 Å². The molecule has 156 valence electrons. The summed E-state index contributed by atoms with van der Waals surface area (Å²) in [4.78, 5) is 37.7. The molecule has 30 heavy (non-hydrogen) atoms. The fraction of sp³-hybridized carbons (Fsp3) is 0.190. The molecule has 0 radical (unpaired) electrons. The second-order valence-electron chi connectivity index (χ2n) is 6.36. The van der Waals surface area contributed by atoms with E-state index in [2.05, 4.69) is 27.3 Å². The van der Waals surface area contributed by atoms with E-state index in [0.717, 1.165) is 31.4 Å². The van der Waals surface area contributed by atoms with Gasteiger partial charge in [-0.15, -0.1) is 0 Å². The Morgan fingerprint density at radius 1 is 1.23 bits per heavy atom. The summed E-state index contributed by atoms with van der Waals surface area (Å²) in [6, 6.07) is 11.9. The second-order valence-corrected chi connectivity index (χ2v) is 8.95. The molecule has 2 aromatic rings. The van der Waals surface area contributed by atoms with Gasteiger partial charge in [0.1, 0.15) is 18.4 Å². The van der Waals surface area contributed by atoms with Crippen LogP contribution in [0.2, 0.25) is 5.02 Å². The Labute approximate surface area is 196 Å². The summed E-state index contributed by atoms with van der Waals surface area (Å²) in [6.07, 6.45) is 1.63. The van der Waals surface area contributed by atoms with Crippen LogP contribution in [0.25, 0.3) is 6.08 Å². The van der Waals surface area contributed by atoms with Gasteiger partial charge in [-0.1, -0.05) is 29.8 Å². The molecule has 0 N–H and O–H groups in total. The number of benzene rings is 2. The lowest BCUT2D eigenvalue weighted by Gasteiger charge is -2.18. The van der Waals surface area contributed by atoms with Gasteiger partial charge in [0, 0.05) is 5.02 Å². The predicted octanol–water partition coefficient (Wildman–Crippen LogP) is 5.12. The number of hydrogen-bond donors (Lipinski definition) is 0. The van der Waals surface area contributed by atoms with Crippen LogP contribution in [0, 0.1) is 3.57 Å². The predicted molar refractivity (Wildman–Crippen MR) is 124 cm³/mol. The van der Waals surface area contributed by atoms with Crippen molar-refractivity contribution in [3.8, 4) is 5.75 Å². The first-order chi connectivity index (χ1) is 14.3. The number of methoxy groups -OCH3 is 1. The zero-order chi connectivity index (χ0) is 21.8. The van der Waals surface area contributed by atoms with Crippen molar-refractivity contribution in [2.45, 2.75) is 19.6 Å². The van der Waals surface area contributed by atoms with Crippen LogP contribution in [0.15, 0.2) is 47.4 Å². The molecule has 0 spiro atoms. The molecule has 1 heterocycles. The van der Waals surface area contributed by atoms with Gasteiger partial charge in [0.2, 0.25) is 0 Å². The number of ether oxygens (including phenoxy) is 2. The zero-order valence-electron chi connectivity index (χ0n) is 16.1. The van der Waals surface area contributed by atoms with Crippen LogP contribution in [-0.2, 0) is 20.9 Å². The van der Waals surface area contributed by atoms with Crippen molar-refractivity contribution in [2.75, 3.05) is 7.11 Å². The van der Waals surface area contributed by atoms with Gasteiger partial charge in [-0.3, -0.25) is 14.5 Å². The van der Waals surface area contributed by atoms with Crippen molar-refractivity contribution in [3.63, 3.8) is 0 Å². The Bertz CT molecular complexity index is 1020. The first-order valence-electron chi connectivity index (χ1n) is 8.82. The van der Waals surface area contributed by atoms with Crippen LogP contribution >= 0.6 is 46.0 Å². The van der Waals surface area contributed by atoms with Crippen molar-refractivity contribution in [2.24, 2.45) is 0 Å². The Kier molecular flexibility index (Phi) is 7.43. The smallest absolute Gasteiger partial charge is 0.328 e. The highest BCUT2D eigenvalue weighted by Crippen LogP contribution is 2.34. The monoisotopic (exact) mass is 557 g/mol. The molecule has 1 atom stereocenters. The number of imide groups is 1. The lowest BCUT2D eigenvalue weighted by atomic mass is 10.2. The van der Waals surface area contributed by atoms with E-state index in [1.165, 1.54) is 14.0 Å². The molecule has 0 aromatic heterocycles. The highest BCUT2D eigenvalue weighted by Gasteiger charge is 2.41. The van der Waals surface area contributed by atoms with E-state index in [1.807, 2.05) is 36.4 Å². The number of carbonyl (C=O) groups is 3. The van der Waals surface area contributed by atoms with E-state index in [0.29, 0.717) is 17.4 Å². The summed E-state index contributed by atoms with van der Waals surface area (Å²) in [7, 11) is 1.21. The maximum atomic E-state index is 12.6. The Morgan fingerprint density at radius 3 is 2.57 bits per heavy atom. The number of esters is 1. The van der Waals surface area contributed by atoms with E-state index >= 15 is 0 Å². The molecule has 1 saturated heterocycles. The van der Waals surface area contributed by atoms with Gasteiger partial charge in [-0.2, -0.15) is 0 Å². The molecule has 0 saturated carbocycles. The molecule has 0 unspecified atom stereocenters. The van der Waals surface area contributed by atoms with Crippen LogP contribution in [0.3, 0.4) is 0 Å². The summed E-state index contributed by atoms with van der Waals surface area (Å²) in [6.45, 7) is 1.86. The first kappa shape index (κ1) is 22.6. The van der Waals surface area contributed by atoms with Crippen LogP contribution in [0.1, 0.15) is 18.1 Å². The first-order valence-corrected chi connectivity index (χ1v) is 11.1. The number of thioether (sulfide) groups is 1. The van der Waals surface area contributed by atoms with E-state index in [4.69, 9.17) is 16.3 Å².